The minimum Gasteiger partial charge on any atom is -0.494 e. The summed E-state index contributed by atoms with van der Waals surface area (Å²) < 4.78 is 10.8. The van der Waals surface area contributed by atoms with Gasteiger partial charge >= 0.3 is 5.97 Å². The number of nitrogens with zero attached hydrogens (tertiary/aromatic N) is 1. The predicted molar refractivity (Wildman–Crippen MR) is 134 cm³/mol. The first-order chi connectivity index (χ1) is 16.0. The van der Waals surface area contributed by atoms with Gasteiger partial charge in [0.25, 0.3) is 0 Å². The molecular formula is C29H45NO3. The fraction of sp³-hybridized carbons (Fsp3) is 0.724. The first-order valence-electron chi connectivity index (χ1n) is 13.2. The maximum absolute atomic E-state index is 12.0. The smallest absolute Gasteiger partial charge is 0.325 e. The number of rotatable bonds is 15. The molecule has 0 heterocycles. The summed E-state index contributed by atoms with van der Waals surface area (Å²) in [6, 6.07) is 10.8. The molecule has 1 unspecified atom stereocenters. The minimum atomic E-state index is -1.03. The lowest BCUT2D eigenvalue weighted by molar-refractivity contribution is -0.149. The number of carbonyl (C=O) groups is 1. The third kappa shape index (κ3) is 9.40. The van der Waals surface area contributed by atoms with Gasteiger partial charge in [0, 0.05) is 0 Å². The highest BCUT2D eigenvalue weighted by molar-refractivity contribution is 5.79. The lowest BCUT2D eigenvalue weighted by Gasteiger charge is -2.32. The first kappa shape index (κ1) is 27.2. The molecule has 0 radical (unpaired) electrons. The molecule has 184 valence electrons. The van der Waals surface area contributed by atoms with Gasteiger partial charge in [-0.25, -0.2) is 0 Å². The van der Waals surface area contributed by atoms with Crippen molar-refractivity contribution in [1.82, 2.24) is 0 Å². The van der Waals surface area contributed by atoms with Crippen molar-refractivity contribution in [3.05, 3.63) is 29.8 Å². The van der Waals surface area contributed by atoms with Gasteiger partial charge in [0.15, 0.2) is 5.41 Å². The van der Waals surface area contributed by atoms with Gasteiger partial charge in [-0.2, -0.15) is 5.26 Å². The normalized spacial score (nSPS) is 19.9. The molecule has 4 nitrogen and oxygen atoms in total. The molecule has 1 aromatic carbocycles. The zero-order valence-electron chi connectivity index (χ0n) is 21.2. The van der Waals surface area contributed by atoms with Crippen molar-refractivity contribution in [3.8, 4) is 11.8 Å². The number of unbranched alkanes of at least 4 members (excludes halogenated alkanes) is 8. The Hall–Kier alpha value is -2.02. The summed E-state index contributed by atoms with van der Waals surface area (Å²) in [7, 11) is 1.36. The molecule has 1 saturated carbocycles. The molecule has 2 rings (SSSR count). The number of hydrogen-bond donors (Lipinski definition) is 0. The van der Waals surface area contributed by atoms with Gasteiger partial charge in [-0.05, 0) is 75.0 Å². The number of hydrogen-bond acceptors (Lipinski definition) is 4. The molecule has 1 atom stereocenters. The molecule has 1 aliphatic carbocycles. The Bertz CT molecular complexity index is 715. The van der Waals surface area contributed by atoms with Crippen molar-refractivity contribution in [2.75, 3.05) is 13.7 Å². The Balaban J connectivity index is 1.63. The van der Waals surface area contributed by atoms with E-state index in [1.54, 1.807) is 6.92 Å². The first-order valence-corrected chi connectivity index (χ1v) is 13.2. The number of esters is 1. The predicted octanol–water partition coefficient (Wildman–Crippen LogP) is 7.96. The third-order valence-corrected chi connectivity index (χ3v) is 7.29. The summed E-state index contributed by atoms with van der Waals surface area (Å²) in [5.41, 5.74) is 0.347. The minimum absolute atomic E-state index is 0.406. The van der Waals surface area contributed by atoms with Crippen molar-refractivity contribution in [2.24, 2.45) is 11.3 Å². The Morgan fingerprint density at radius 2 is 1.55 bits per heavy atom. The Morgan fingerprint density at radius 1 is 0.970 bits per heavy atom. The summed E-state index contributed by atoms with van der Waals surface area (Å²) in [6.07, 6.45) is 16.9. The number of benzene rings is 1. The van der Waals surface area contributed by atoms with Gasteiger partial charge in [-0.15, -0.1) is 0 Å². The lowest BCUT2D eigenvalue weighted by atomic mass is 9.72. The number of ether oxygens (including phenoxy) is 2. The highest BCUT2D eigenvalue weighted by Gasteiger charge is 2.38. The molecule has 0 bridgehead atoms. The van der Waals surface area contributed by atoms with E-state index in [1.165, 1.54) is 64.0 Å². The van der Waals surface area contributed by atoms with Crippen molar-refractivity contribution >= 4 is 5.97 Å². The molecule has 0 aromatic heterocycles. The second-order valence-electron chi connectivity index (χ2n) is 10.1. The van der Waals surface area contributed by atoms with Gasteiger partial charge in [-0.1, -0.05) is 70.4 Å². The van der Waals surface area contributed by atoms with Crippen LogP contribution in [-0.2, 0) is 9.53 Å². The molecule has 0 aliphatic heterocycles. The van der Waals surface area contributed by atoms with Crippen molar-refractivity contribution in [3.63, 3.8) is 0 Å². The zero-order chi connectivity index (χ0) is 23.9. The average molecular weight is 456 g/mol. The van der Waals surface area contributed by atoms with Crippen LogP contribution in [0.25, 0.3) is 0 Å². The molecular weight excluding hydrogens is 410 g/mol. The van der Waals surface area contributed by atoms with Crippen molar-refractivity contribution in [1.29, 1.82) is 5.26 Å². The fourth-order valence-corrected chi connectivity index (χ4v) is 5.12. The highest BCUT2D eigenvalue weighted by atomic mass is 16.5. The average Bonchev–Trinajstić information content (AvgIpc) is 2.85. The number of methoxy groups -OCH3 is 1. The second kappa shape index (κ2) is 15.0. The Labute approximate surface area is 202 Å². The topological polar surface area (TPSA) is 59.3 Å². The van der Waals surface area contributed by atoms with Crippen LogP contribution >= 0.6 is 0 Å². The number of nitriles is 1. The molecule has 1 aromatic rings. The van der Waals surface area contributed by atoms with E-state index in [2.05, 4.69) is 37.3 Å². The largest absolute Gasteiger partial charge is 0.494 e. The van der Waals surface area contributed by atoms with Gasteiger partial charge in [0.05, 0.1) is 19.8 Å². The molecule has 0 amide bonds. The van der Waals surface area contributed by atoms with E-state index < -0.39 is 11.4 Å². The van der Waals surface area contributed by atoms with E-state index in [1.807, 2.05) is 0 Å². The summed E-state index contributed by atoms with van der Waals surface area (Å²) in [5.74, 6) is 1.52. The summed E-state index contributed by atoms with van der Waals surface area (Å²) in [4.78, 5) is 12.0. The molecule has 4 heteroatoms. The maximum atomic E-state index is 12.0. The van der Waals surface area contributed by atoms with E-state index in [-0.39, 0.29) is 0 Å². The molecule has 0 saturated heterocycles. The molecule has 0 spiro atoms. The van der Waals surface area contributed by atoms with Crippen LogP contribution in [0.5, 0.6) is 5.75 Å². The van der Waals surface area contributed by atoms with Gasteiger partial charge in [-0.3, -0.25) is 4.79 Å². The van der Waals surface area contributed by atoms with Crippen LogP contribution in [0.3, 0.4) is 0 Å². The van der Waals surface area contributed by atoms with E-state index in [4.69, 9.17) is 9.47 Å². The quantitative estimate of drug-likeness (QED) is 0.199. The third-order valence-electron chi connectivity index (χ3n) is 7.29. The van der Waals surface area contributed by atoms with Crippen LogP contribution < -0.4 is 4.74 Å². The second-order valence-corrected chi connectivity index (χ2v) is 10.1. The van der Waals surface area contributed by atoms with Crippen LogP contribution in [0.2, 0.25) is 0 Å². The molecule has 33 heavy (non-hydrogen) atoms. The Kier molecular flexibility index (Phi) is 12.4. The maximum Gasteiger partial charge on any atom is 0.325 e. The van der Waals surface area contributed by atoms with Crippen LogP contribution in [0.1, 0.15) is 115 Å². The van der Waals surface area contributed by atoms with Crippen molar-refractivity contribution < 1.29 is 14.3 Å². The van der Waals surface area contributed by atoms with E-state index in [9.17, 15) is 10.1 Å². The zero-order valence-corrected chi connectivity index (χ0v) is 21.2. The van der Waals surface area contributed by atoms with E-state index >= 15 is 0 Å². The van der Waals surface area contributed by atoms with Crippen LogP contribution in [0.4, 0.5) is 0 Å². The summed E-state index contributed by atoms with van der Waals surface area (Å²) in [6.45, 7) is 4.78. The Morgan fingerprint density at radius 3 is 2.09 bits per heavy atom. The monoisotopic (exact) mass is 455 g/mol. The molecule has 1 aliphatic rings. The lowest BCUT2D eigenvalue weighted by Crippen LogP contribution is -2.31. The van der Waals surface area contributed by atoms with E-state index in [0.717, 1.165) is 44.5 Å². The molecule has 1 fully saturated rings. The summed E-state index contributed by atoms with van der Waals surface area (Å²) in [5, 5.41) is 9.46. The van der Waals surface area contributed by atoms with Crippen molar-refractivity contribution in [2.45, 2.75) is 110 Å². The summed E-state index contributed by atoms with van der Waals surface area (Å²) >= 11 is 0. The van der Waals surface area contributed by atoms with Crippen LogP contribution in [-0.4, -0.2) is 19.7 Å². The SMILES string of the molecule is CCCCCCCCCCCOc1ccc(C2CCC(CC(C)(C#N)C(=O)OC)CC2)cc1. The van der Waals surface area contributed by atoms with Crippen LogP contribution in [0, 0.1) is 22.7 Å². The highest BCUT2D eigenvalue weighted by Crippen LogP contribution is 2.41. The number of carbonyl (C=O) groups excluding carboxylic acids is 1. The fourth-order valence-electron chi connectivity index (χ4n) is 5.12. The van der Waals surface area contributed by atoms with Gasteiger partial charge in [0.2, 0.25) is 0 Å². The van der Waals surface area contributed by atoms with Crippen LogP contribution in [0.15, 0.2) is 24.3 Å². The van der Waals surface area contributed by atoms with Gasteiger partial charge < -0.3 is 9.47 Å². The molecule has 0 N–H and O–H groups in total. The standard InChI is InChI=1S/C29H45NO3/c1-4-5-6-7-8-9-10-11-12-21-33-27-19-17-26(18-20-27)25-15-13-24(14-16-25)22-29(2,23-30)28(31)32-3/h17-20,24-25H,4-16,21-22H2,1-3H3. The van der Waals surface area contributed by atoms with Gasteiger partial charge in [0.1, 0.15) is 5.75 Å². The van der Waals surface area contributed by atoms with E-state index in [0.29, 0.717) is 18.3 Å².